The first-order chi connectivity index (χ1) is 12.0. The topological polar surface area (TPSA) is 61.0 Å². The average Bonchev–Trinajstić information content (AvgIpc) is 2.99. The van der Waals surface area contributed by atoms with Gasteiger partial charge in [0.15, 0.2) is 0 Å². The van der Waals surface area contributed by atoms with Crippen LogP contribution in [-0.2, 0) is 11.3 Å². The standard InChI is InChI=1S/C19H21FN4O/c1-13-6-5-9-16-19(13)23-17(21-16)12-24(2)11-10-18(25)22-15-8-4-3-7-14(15)20/h3-9H,10-12H2,1-2H3,(H,21,23)(H,22,25). The van der Waals surface area contributed by atoms with E-state index in [1.54, 1.807) is 18.2 Å². The molecule has 0 unspecified atom stereocenters. The summed E-state index contributed by atoms with van der Waals surface area (Å²) in [5.41, 5.74) is 3.33. The number of imidazole rings is 1. The quantitative estimate of drug-likeness (QED) is 0.722. The minimum absolute atomic E-state index is 0.211. The predicted molar refractivity (Wildman–Crippen MR) is 96.8 cm³/mol. The number of fused-ring (bicyclic) bond motifs is 1. The number of aryl methyl sites for hydroxylation is 1. The fourth-order valence-corrected chi connectivity index (χ4v) is 2.70. The van der Waals surface area contributed by atoms with Gasteiger partial charge in [-0.3, -0.25) is 9.69 Å². The van der Waals surface area contributed by atoms with E-state index in [1.807, 2.05) is 37.1 Å². The lowest BCUT2D eigenvalue weighted by Gasteiger charge is -2.14. The largest absolute Gasteiger partial charge is 0.341 e. The molecule has 2 N–H and O–H groups in total. The summed E-state index contributed by atoms with van der Waals surface area (Å²) in [7, 11) is 1.93. The van der Waals surface area contributed by atoms with Crippen molar-refractivity contribution in [3.05, 3.63) is 59.7 Å². The van der Waals surface area contributed by atoms with Crippen LogP contribution in [0.15, 0.2) is 42.5 Å². The fraction of sp³-hybridized carbons (Fsp3) is 0.263. The van der Waals surface area contributed by atoms with Crippen LogP contribution >= 0.6 is 0 Å². The molecule has 0 radical (unpaired) electrons. The van der Waals surface area contributed by atoms with Crippen molar-refractivity contribution in [2.24, 2.45) is 0 Å². The van der Waals surface area contributed by atoms with E-state index in [0.717, 1.165) is 22.4 Å². The maximum absolute atomic E-state index is 13.5. The Bertz CT molecular complexity index is 890. The van der Waals surface area contributed by atoms with E-state index in [1.165, 1.54) is 6.07 Å². The van der Waals surface area contributed by atoms with Crippen LogP contribution < -0.4 is 5.32 Å². The van der Waals surface area contributed by atoms with E-state index in [9.17, 15) is 9.18 Å². The first-order valence-electron chi connectivity index (χ1n) is 8.20. The highest BCUT2D eigenvalue weighted by molar-refractivity contribution is 5.90. The van der Waals surface area contributed by atoms with Gasteiger partial charge in [0.25, 0.3) is 0 Å². The van der Waals surface area contributed by atoms with Gasteiger partial charge in [-0.25, -0.2) is 9.37 Å². The number of rotatable bonds is 6. The molecule has 0 saturated carbocycles. The Balaban J connectivity index is 1.53. The third-order valence-electron chi connectivity index (χ3n) is 4.05. The van der Waals surface area contributed by atoms with Crippen molar-refractivity contribution in [3.63, 3.8) is 0 Å². The zero-order valence-corrected chi connectivity index (χ0v) is 14.3. The first-order valence-corrected chi connectivity index (χ1v) is 8.20. The molecule has 1 heterocycles. The summed E-state index contributed by atoms with van der Waals surface area (Å²) in [4.78, 5) is 21.9. The van der Waals surface area contributed by atoms with Crippen LogP contribution in [0.2, 0.25) is 0 Å². The number of carbonyl (C=O) groups excluding carboxylic acids is 1. The maximum atomic E-state index is 13.5. The van der Waals surface area contributed by atoms with Gasteiger partial charge >= 0.3 is 0 Å². The number of carbonyl (C=O) groups is 1. The van der Waals surface area contributed by atoms with Gasteiger partial charge in [-0.1, -0.05) is 24.3 Å². The van der Waals surface area contributed by atoms with E-state index < -0.39 is 5.82 Å². The van der Waals surface area contributed by atoms with Gasteiger partial charge in [-0.2, -0.15) is 0 Å². The highest BCUT2D eigenvalue weighted by Crippen LogP contribution is 2.16. The second-order valence-electron chi connectivity index (χ2n) is 6.17. The van der Waals surface area contributed by atoms with Crippen molar-refractivity contribution in [1.29, 1.82) is 0 Å². The Morgan fingerprint density at radius 1 is 1.24 bits per heavy atom. The van der Waals surface area contributed by atoms with Crippen molar-refractivity contribution in [2.45, 2.75) is 19.9 Å². The van der Waals surface area contributed by atoms with E-state index in [0.29, 0.717) is 13.1 Å². The Morgan fingerprint density at radius 3 is 2.80 bits per heavy atom. The molecule has 0 bridgehead atoms. The molecule has 0 aliphatic rings. The Labute approximate surface area is 145 Å². The molecule has 0 saturated heterocycles. The van der Waals surface area contributed by atoms with Crippen molar-refractivity contribution in [3.8, 4) is 0 Å². The summed E-state index contributed by atoms with van der Waals surface area (Å²) in [6, 6.07) is 12.2. The fourth-order valence-electron chi connectivity index (χ4n) is 2.70. The second kappa shape index (κ2) is 7.44. The molecule has 3 aromatic rings. The molecule has 0 fully saturated rings. The number of nitrogens with one attached hydrogen (secondary N) is 2. The number of aromatic amines is 1. The van der Waals surface area contributed by atoms with Crippen LogP contribution in [0.25, 0.3) is 11.0 Å². The van der Waals surface area contributed by atoms with Crippen molar-refractivity contribution >= 4 is 22.6 Å². The van der Waals surface area contributed by atoms with Crippen LogP contribution in [0.1, 0.15) is 17.8 Å². The van der Waals surface area contributed by atoms with Crippen LogP contribution in [0.5, 0.6) is 0 Å². The number of aromatic nitrogens is 2. The summed E-state index contributed by atoms with van der Waals surface area (Å²) >= 11 is 0. The van der Waals surface area contributed by atoms with Crippen LogP contribution in [0.4, 0.5) is 10.1 Å². The zero-order valence-electron chi connectivity index (χ0n) is 14.3. The van der Waals surface area contributed by atoms with E-state index in [-0.39, 0.29) is 18.0 Å². The van der Waals surface area contributed by atoms with E-state index in [2.05, 4.69) is 15.3 Å². The molecule has 25 heavy (non-hydrogen) atoms. The molecular formula is C19H21FN4O. The molecule has 1 amide bonds. The minimum atomic E-state index is -0.429. The molecule has 1 aromatic heterocycles. The van der Waals surface area contributed by atoms with Crippen LogP contribution in [-0.4, -0.2) is 34.4 Å². The monoisotopic (exact) mass is 340 g/mol. The average molecular weight is 340 g/mol. The smallest absolute Gasteiger partial charge is 0.225 e. The lowest BCUT2D eigenvalue weighted by atomic mass is 10.2. The van der Waals surface area contributed by atoms with E-state index >= 15 is 0 Å². The van der Waals surface area contributed by atoms with Crippen molar-refractivity contribution in [1.82, 2.24) is 14.9 Å². The van der Waals surface area contributed by atoms with Gasteiger partial charge in [-0.15, -0.1) is 0 Å². The molecule has 5 nitrogen and oxygen atoms in total. The van der Waals surface area contributed by atoms with Gasteiger partial charge in [-0.05, 0) is 37.7 Å². The Morgan fingerprint density at radius 2 is 2.04 bits per heavy atom. The number of benzene rings is 2. The van der Waals surface area contributed by atoms with Gasteiger partial charge in [0.1, 0.15) is 11.6 Å². The lowest BCUT2D eigenvalue weighted by Crippen LogP contribution is -2.24. The number of nitrogens with zero attached hydrogens (tertiary/aromatic N) is 2. The van der Waals surface area contributed by atoms with Crippen LogP contribution in [0.3, 0.4) is 0 Å². The number of halogens is 1. The predicted octanol–water partition coefficient (Wildman–Crippen LogP) is 3.47. The molecule has 0 atom stereocenters. The number of H-pyrrole nitrogens is 1. The highest BCUT2D eigenvalue weighted by Gasteiger charge is 2.10. The number of hydrogen-bond donors (Lipinski definition) is 2. The molecule has 2 aromatic carbocycles. The molecule has 6 heteroatoms. The van der Waals surface area contributed by atoms with Gasteiger partial charge in [0.05, 0.1) is 23.3 Å². The number of amides is 1. The summed E-state index contributed by atoms with van der Waals surface area (Å²) < 4.78 is 13.5. The van der Waals surface area contributed by atoms with E-state index in [4.69, 9.17) is 0 Å². The highest BCUT2D eigenvalue weighted by atomic mass is 19.1. The number of anilines is 1. The normalized spacial score (nSPS) is 11.2. The molecule has 0 aliphatic carbocycles. The molecule has 130 valence electrons. The van der Waals surface area contributed by atoms with Gasteiger partial charge in [0.2, 0.25) is 5.91 Å². The minimum Gasteiger partial charge on any atom is -0.341 e. The van der Waals surface area contributed by atoms with Gasteiger partial charge < -0.3 is 10.3 Å². The van der Waals surface area contributed by atoms with Crippen molar-refractivity contribution < 1.29 is 9.18 Å². The third-order valence-corrected chi connectivity index (χ3v) is 4.05. The zero-order chi connectivity index (χ0) is 17.8. The number of para-hydroxylation sites is 2. The molecule has 0 aliphatic heterocycles. The molecule has 3 rings (SSSR count). The Hall–Kier alpha value is -2.73. The summed E-state index contributed by atoms with van der Waals surface area (Å²) in [5, 5.41) is 2.59. The third kappa shape index (κ3) is 4.22. The lowest BCUT2D eigenvalue weighted by molar-refractivity contribution is -0.116. The molecule has 0 spiro atoms. The summed E-state index contributed by atoms with van der Waals surface area (Å²) in [6.45, 7) is 3.20. The van der Waals surface area contributed by atoms with Crippen molar-refractivity contribution in [2.75, 3.05) is 18.9 Å². The second-order valence-corrected chi connectivity index (χ2v) is 6.17. The SMILES string of the molecule is Cc1cccc2[nH]c(CN(C)CCC(=O)Nc3ccccc3F)nc12. The summed E-state index contributed by atoms with van der Waals surface area (Å²) in [5.74, 6) is 0.223. The van der Waals surface area contributed by atoms with Gasteiger partial charge in [0, 0.05) is 13.0 Å². The molecular weight excluding hydrogens is 319 g/mol. The maximum Gasteiger partial charge on any atom is 0.225 e. The Kier molecular flexibility index (Phi) is 5.09. The first kappa shape index (κ1) is 17.1. The van der Waals surface area contributed by atoms with Crippen LogP contribution in [0, 0.1) is 12.7 Å². The summed E-state index contributed by atoms with van der Waals surface area (Å²) in [6.07, 6.45) is 0.282. The number of hydrogen-bond acceptors (Lipinski definition) is 3.